The highest BCUT2D eigenvalue weighted by atomic mass is 16.2. The number of rotatable bonds is 6. The molecular formula is C14H17N3O4. The maximum absolute atomic E-state index is 11.5. The Morgan fingerprint density at radius 3 is 1.57 bits per heavy atom. The molecule has 0 saturated heterocycles. The van der Waals surface area contributed by atoms with E-state index in [9.17, 15) is 19.2 Å². The number of hydrogen-bond donors (Lipinski definition) is 3. The predicted molar refractivity (Wildman–Crippen MR) is 78.7 cm³/mol. The molecule has 21 heavy (non-hydrogen) atoms. The molecule has 112 valence electrons. The summed E-state index contributed by atoms with van der Waals surface area (Å²) in [6, 6.07) is 4.49. The van der Waals surface area contributed by atoms with Crippen LogP contribution in [0.2, 0.25) is 0 Å². The molecule has 0 aliphatic heterocycles. The third-order valence-corrected chi connectivity index (χ3v) is 2.34. The maximum Gasteiger partial charge on any atom is 0.231 e. The van der Waals surface area contributed by atoms with Crippen molar-refractivity contribution < 1.29 is 19.2 Å². The summed E-state index contributed by atoms with van der Waals surface area (Å²) in [5.74, 6) is -1.44. The number of hydrogen-bond acceptors (Lipinski definition) is 5. The molecule has 0 radical (unpaired) electrons. The number of carbonyl (C=O) groups is 4. The van der Waals surface area contributed by atoms with Crippen LogP contribution >= 0.6 is 0 Å². The topological polar surface area (TPSA) is 118 Å². The molecule has 2 amide bonds. The molecule has 0 aliphatic carbocycles. The lowest BCUT2D eigenvalue weighted by Gasteiger charge is -2.09. The lowest BCUT2D eigenvalue weighted by molar-refractivity contribution is -0.125. The summed E-state index contributed by atoms with van der Waals surface area (Å²) in [4.78, 5) is 44.7. The Bertz CT molecular complexity index is 548. The number of amides is 2. The van der Waals surface area contributed by atoms with Crippen LogP contribution in [0.4, 0.5) is 17.1 Å². The van der Waals surface area contributed by atoms with Crippen molar-refractivity contribution in [2.45, 2.75) is 26.7 Å². The van der Waals surface area contributed by atoms with Crippen LogP contribution in [0.3, 0.4) is 0 Å². The molecular weight excluding hydrogens is 274 g/mol. The normalized spacial score (nSPS) is 9.81. The average molecular weight is 291 g/mol. The second kappa shape index (κ2) is 7.18. The van der Waals surface area contributed by atoms with Gasteiger partial charge in [-0.25, -0.2) is 0 Å². The van der Waals surface area contributed by atoms with E-state index >= 15 is 0 Å². The Morgan fingerprint density at radius 2 is 1.24 bits per heavy atom. The van der Waals surface area contributed by atoms with Crippen molar-refractivity contribution in [3.63, 3.8) is 0 Å². The molecule has 1 rings (SSSR count). The van der Waals surface area contributed by atoms with Gasteiger partial charge in [-0.1, -0.05) is 0 Å². The third kappa shape index (κ3) is 6.33. The summed E-state index contributed by atoms with van der Waals surface area (Å²) in [6.45, 7) is 2.62. The van der Waals surface area contributed by atoms with Crippen molar-refractivity contribution in [3.05, 3.63) is 18.2 Å². The summed E-state index contributed by atoms with van der Waals surface area (Å²) >= 11 is 0. The van der Waals surface area contributed by atoms with Crippen LogP contribution in [0.15, 0.2) is 18.2 Å². The molecule has 0 unspecified atom stereocenters. The van der Waals surface area contributed by atoms with Crippen molar-refractivity contribution >= 4 is 40.4 Å². The lowest BCUT2D eigenvalue weighted by Crippen LogP contribution is -2.17. The Hall–Kier alpha value is -2.70. The number of nitrogens with two attached hydrogens (primary N) is 1. The highest BCUT2D eigenvalue weighted by Crippen LogP contribution is 2.21. The second-order valence-corrected chi connectivity index (χ2v) is 4.70. The zero-order valence-corrected chi connectivity index (χ0v) is 11.9. The second-order valence-electron chi connectivity index (χ2n) is 4.70. The van der Waals surface area contributed by atoms with E-state index in [-0.39, 0.29) is 24.4 Å². The SMILES string of the molecule is CC(=O)CC(=O)Nc1cc(N)cc(NC(=O)CC(C)=O)c1. The van der Waals surface area contributed by atoms with Gasteiger partial charge in [0.1, 0.15) is 11.6 Å². The number of nitrogens with one attached hydrogen (secondary N) is 2. The monoisotopic (exact) mass is 291 g/mol. The van der Waals surface area contributed by atoms with E-state index in [0.29, 0.717) is 17.1 Å². The standard InChI is InChI=1S/C14H17N3O4/c1-8(18)3-13(20)16-11-5-10(15)6-12(7-11)17-14(21)4-9(2)19/h5-7H,3-4,15H2,1-2H3,(H,16,20)(H,17,21). The summed E-state index contributed by atoms with van der Waals surface area (Å²) in [5, 5.41) is 5.02. The van der Waals surface area contributed by atoms with E-state index in [1.54, 1.807) is 0 Å². The summed E-state index contributed by atoms with van der Waals surface area (Å²) in [7, 11) is 0. The molecule has 1 aromatic carbocycles. The first-order valence-electron chi connectivity index (χ1n) is 6.25. The van der Waals surface area contributed by atoms with Crippen LogP contribution in [0.1, 0.15) is 26.7 Å². The van der Waals surface area contributed by atoms with Gasteiger partial charge in [0.15, 0.2) is 0 Å². The molecule has 0 heterocycles. The minimum atomic E-state index is -0.464. The van der Waals surface area contributed by atoms with Gasteiger partial charge in [-0.15, -0.1) is 0 Å². The van der Waals surface area contributed by atoms with Crippen molar-refractivity contribution in [3.8, 4) is 0 Å². The Kier molecular flexibility index (Phi) is 5.59. The molecule has 0 spiro atoms. The number of ketones is 2. The van der Waals surface area contributed by atoms with Gasteiger partial charge in [0, 0.05) is 17.1 Å². The lowest BCUT2D eigenvalue weighted by atomic mass is 10.2. The zero-order valence-electron chi connectivity index (χ0n) is 11.9. The fourth-order valence-electron chi connectivity index (χ4n) is 1.66. The van der Waals surface area contributed by atoms with E-state index in [0.717, 1.165) is 0 Å². The fraction of sp³-hybridized carbons (Fsp3) is 0.286. The average Bonchev–Trinajstić information content (AvgIpc) is 2.24. The van der Waals surface area contributed by atoms with E-state index in [2.05, 4.69) is 10.6 Å². The molecule has 0 saturated carbocycles. The highest BCUT2D eigenvalue weighted by Gasteiger charge is 2.09. The van der Waals surface area contributed by atoms with E-state index < -0.39 is 11.8 Å². The van der Waals surface area contributed by atoms with Gasteiger partial charge in [-0.05, 0) is 32.0 Å². The van der Waals surface area contributed by atoms with Crippen LogP contribution in [-0.2, 0) is 19.2 Å². The smallest absolute Gasteiger partial charge is 0.231 e. The molecule has 1 aromatic rings. The number of carbonyl (C=O) groups excluding carboxylic acids is 4. The van der Waals surface area contributed by atoms with Gasteiger partial charge in [0.25, 0.3) is 0 Å². The van der Waals surface area contributed by atoms with Crippen molar-refractivity contribution in [2.75, 3.05) is 16.4 Å². The van der Waals surface area contributed by atoms with Gasteiger partial charge in [-0.3, -0.25) is 19.2 Å². The van der Waals surface area contributed by atoms with Gasteiger partial charge in [-0.2, -0.15) is 0 Å². The predicted octanol–water partition coefficient (Wildman–Crippen LogP) is 1.10. The Labute approximate surface area is 121 Å². The minimum absolute atomic E-state index is 0.235. The first kappa shape index (κ1) is 16.4. The minimum Gasteiger partial charge on any atom is -0.399 e. The van der Waals surface area contributed by atoms with Gasteiger partial charge in [0.05, 0.1) is 12.8 Å². The first-order valence-corrected chi connectivity index (χ1v) is 6.25. The van der Waals surface area contributed by atoms with E-state index in [1.165, 1.54) is 32.0 Å². The molecule has 0 fully saturated rings. The summed E-state index contributed by atoms with van der Waals surface area (Å²) in [6.07, 6.45) is -0.471. The molecule has 7 heteroatoms. The molecule has 0 bridgehead atoms. The summed E-state index contributed by atoms with van der Waals surface area (Å²) in [5.41, 5.74) is 6.73. The maximum atomic E-state index is 11.5. The van der Waals surface area contributed by atoms with Gasteiger partial charge in [0.2, 0.25) is 11.8 Å². The third-order valence-electron chi connectivity index (χ3n) is 2.34. The quantitative estimate of drug-likeness (QED) is 0.536. The first-order chi connectivity index (χ1) is 9.76. The van der Waals surface area contributed by atoms with E-state index in [4.69, 9.17) is 5.73 Å². The van der Waals surface area contributed by atoms with Gasteiger partial charge >= 0.3 is 0 Å². The van der Waals surface area contributed by atoms with Crippen molar-refractivity contribution in [1.29, 1.82) is 0 Å². The number of anilines is 3. The van der Waals surface area contributed by atoms with Crippen LogP contribution in [0.5, 0.6) is 0 Å². The molecule has 0 aliphatic rings. The van der Waals surface area contributed by atoms with Crippen LogP contribution in [0.25, 0.3) is 0 Å². The number of benzene rings is 1. The van der Waals surface area contributed by atoms with Gasteiger partial charge < -0.3 is 16.4 Å². The van der Waals surface area contributed by atoms with Crippen molar-refractivity contribution in [1.82, 2.24) is 0 Å². The molecule has 0 aromatic heterocycles. The van der Waals surface area contributed by atoms with Crippen LogP contribution in [-0.4, -0.2) is 23.4 Å². The van der Waals surface area contributed by atoms with E-state index in [1.807, 2.05) is 0 Å². The molecule has 7 nitrogen and oxygen atoms in total. The van der Waals surface area contributed by atoms with Crippen LogP contribution in [0, 0.1) is 0 Å². The highest BCUT2D eigenvalue weighted by molar-refractivity contribution is 6.05. The molecule has 0 atom stereocenters. The molecule has 4 N–H and O–H groups in total. The van der Waals surface area contributed by atoms with Crippen molar-refractivity contribution in [2.24, 2.45) is 0 Å². The number of Topliss-reactive ketones (excluding diaryl/α,β-unsaturated/α-hetero) is 2. The number of nitrogen functional groups attached to an aromatic ring is 1. The van der Waals surface area contributed by atoms with Crippen LogP contribution < -0.4 is 16.4 Å². The Balaban J connectivity index is 2.79. The zero-order chi connectivity index (χ0) is 16.0. The largest absolute Gasteiger partial charge is 0.399 e. The summed E-state index contributed by atoms with van der Waals surface area (Å²) < 4.78 is 0. The fourth-order valence-corrected chi connectivity index (χ4v) is 1.66. The Morgan fingerprint density at radius 1 is 0.857 bits per heavy atom.